The van der Waals surface area contributed by atoms with Gasteiger partial charge in [0.25, 0.3) is 0 Å². The summed E-state index contributed by atoms with van der Waals surface area (Å²) in [6.07, 6.45) is 3.12. The van der Waals surface area contributed by atoms with Crippen LogP contribution in [0.4, 0.5) is 0 Å². The number of rotatable bonds is 7. The van der Waals surface area contributed by atoms with Crippen molar-refractivity contribution in [3.63, 3.8) is 0 Å². The number of carbonyl (C=O) groups is 2. The molecule has 0 radical (unpaired) electrons. The maximum Gasteiger partial charge on any atom is 0.305 e. The van der Waals surface area contributed by atoms with Gasteiger partial charge in [-0.2, -0.15) is 0 Å². The molecule has 2 N–H and O–H groups in total. The minimum absolute atomic E-state index is 0.0323. The van der Waals surface area contributed by atoms with Crippen molar-refractivity contribution in [2.24, 2.45) is 0 Å². The number of nitrogens with one attached hydrogen (secondary N) is 2. The molecule has 98 valence electrons. The second-order valence-corrected chi connectivity index (χ2v) is 4.98. The Labute approximate surface area is 106 Å². The van der Waals surface area contributed by atoms with E-state index in [9.17, 15) is 9.59 Å². The fourth-order valence-electron chi connectivity index (χ4n) is 1.57. The maximum absolute atomic E-state index is 11.6. The first-order valence-corrected chi connectivity index (χ1v) is 7.05. The molecule has 1 heterocycles. The third kappa shape index (κ3) is 5.93. The summed E-state index contributed by atoms with van der Waals surface area (Å²) in [6.45, 7) is 0.683. The van der Waals surface area contributed by atoms with Crippen LogP contribution in [0.1, 0.15) is 25.7 Å². The first-order chi connectivity index (χ1) is 8.24. The van der Waals surface area contributed by atoms with E-state index in [-0.39, 0.29) is 17.9 Å². The third-order valence-corrected chi connectivity index (χ3v) is 3.56. The van der Waals surface area contributed by atoms with Gasteiger partial charge in [-0.25, -0.2) is 0 Å². The third-order valence-electron chi connectivity index (χ3n) is 2.62. The average molecular weight is 260 g/mol. The van der Waals surface area contributed by atoms with E-state index in [1.807, 2.05) is 0 Å². The second-order valence-electron chi connectivity index (χ2n) is 3.95. The number of methoxy groups -OCH3 is 1. The topological polar surface area (TPSA) is 67.4 Å². The molecule has 1 rings (SSSR count). The van der Waals surface area contributed by atoms with Crippen LogP contribution in [0.15, 0.2) is 0 Å². The summed E-state index contributed by atoms with van der Waals surface area (Å²) >= 11 is 1.74. The first-order valence-electron chi connectivity index (χ1n) is 5.89. The summed E-state index contributed by atoms with van der Waals surface area (Å²) in [5.74, 6) is 1.63. The molecule has 0 aliphatic carbocycles. The van der Waals surface area contributed by atoms with Gasteiger partial charge in [-0.1, -0.05) is 6.42 Å². The Kier molecular flexibility index (Phi) is 7.04. The zero-order chi connectivity index (χ0) is 12.5. The Hall–Kier alpha value is -0.750. The van der Waals surface area contributed by atoms with Crippen molar-refractivity contribution in [1.29, 1.82) is 0 Å². The predicted molar refractivity (Wildman–Crippen MR) is 67.7 cm³/mol. The summed E-state index contributed by atoms with van der Waals surface area (Å²) in [5, 5.41) is 6.02. The van der Waals surface area contributed by atoms with E-state index in [0.717, 1.165) is 30.9 Å². The Morgan fingerprint density at radius 1 is 1.41 bits per heavy atom. The van der Waals surface area contributed by atoms with Crippen molar-refractivity contribution in [2.45, 2.75) is 31.7 Å². The molecule has 1 atom stereocenters. The number of hydrogen-bond donors (Lipinski definition) is 2. The largest absolute Gasteiger partial charge is 0.469 e. The Morgan fingerprint density at radius 2 is 2.24 bits per heavy atom. The van der Waals surface area contributed by atoms with Gasteiger partial charge in [0.2, 0.25) is 5.91 Å². The lowest BCUT2D eigenvalue weighted by molar-refractivity contribution is -0.140. The van der Waals surface area contributed by atoms with Gasteiger partial charge in [-0.3, -0.25) is 14.9 Å². The standard InChI is InChI=1S/C11H20N2O3S/c1-16-10(14)5-3-2-4-6-12-11(15)9-7-17-8-13-9/h9,13H,2-8H2,1H3,(H,12,15). The van der Waals surface area contributed by atoms with E-state index in [1.54, 1.807) is 11.8 Å². The number of unbranched alkanes of at least 4 members (excludes halogenated alkanes) is 2. The van der Waals surface area contributed by atoms with Crippen LogP contribution in [0.5, 0.6) is 0 Å². The predicted octanol–water partition coefficient (Wildman–Crippen LogP) is 0.498. The lowest BCUT2D eigenvalue weighted by Crippen LogP contribution is -2.42. The van der Waals surface area contributed by atoms with E-state index in [2.05, 4.69) is 15.4 Å². The molecule has 5 nitrogen and oxygen atoms in total. The SMILES string of the molecule is COC(=O)CCCCCNC(=O)C1CSCN1. The highest BCUT2D eigenvalue weighted by molar-refractivity contribution is 7.99. The molecular formula is C11H20N2O3S. The molecule has 0 aromatic carbocycles. The summed E-state index contributed by atoms with van der Waals surface area (Å²) < 4.78 is 4.54. The van der Waals surface area contributed by atoms with E-state index < -0.39 is 0 Å². The van der Waals surface area contributed by atoms with Crippen molar-refractivity contribution < 1.29 is 14.3 Å². The molecule has 1 saturated heterocycles. The molecule has 0 aromatic rings. The maximum atomic E-state index is 11.6. The summed E-state index contributed by atoms with van der Waals surface area (Å²) in [4.78, 5) is 22.4. The Bertz CT molecular complexity index is 255. The molecule has 17 heavy (non-hydrogen) atoms. The van der Waals surface area contributed by atoms with Gasteiger partial charge in [0.05, 0.1) is 13.2 Å². The lowest BCUT2D eigenvalue weighted by Gasteiger charge is -2.09. The Balaban J connectivity index is 1.93. The molecule has 6 heteroatoms. The van der Waals surface area contributed by atoms with Crippen molar-refractivity contribution >= 4 is 23.6 Å². The van der Waals surface area contributed by atoms with Gasteiger partial charge in [0.1, 0.15) is 0 Å². The van der Waals surface area contributed by atoms with E-state index in [1.165, 1.54) is 7.11 Å². The highest BCUT2D eigenvalue weighted by atomic mass is 32.2. The molecule has 1 unspecified atom stereocenters. The number of ether oxygens (including phenoxy) is 1. The van der Waals surface area contributed by atoms with E-state index >= 15 is 0 Å². The Morgan fingerprint density at radius 3 is 2.88 bits per heavy atom. The molecule has 0 aromatic heterocycles. The average Bonchev–Trinajstić information content (AvgIpc) is 2.86. The normalized spacial score (nSPS) is 19.0. The number of carbonyl (C=O) groups excluding carboxylic acids is 2. The molecule has 1 aliphatic rings. The van der Waals surface area contributed by atoms with E-state index in [4.69, 9.17) is 0 Å². The van der Waals surface area contributed by atoms with Gasteiger partial charge in [0.15, 0.2) is 0 Å². The zero-order valence-electron chi connectivity index (χ0n) is 10.2. The fraction of sp³-hybridized carbons (Fsp3) is 0.818. The van der Waals surface area contributed by atoms with Crippen molar-refractivity contribution in [1.82, 2.24) is 10.6 Å². The van der Waals surface area contributed by atoms with Crippen molar-refractivity contribution in [3.05, 3.63) is 0 Å². The molecular weight excluding hydrogens is 240 g/mol. The highest BCUT2D eigenvalue weighted by Crippen LogP contribution is 2.09. The summed E-state index contributed by atoms with van der Waals surface area (Å²) in [6, 6.07) is -0.0323. The zero-order valence-corrected chi connectivity index (χ0v) is 11.0. The van der Waals surface area contributed by atoms with Gasteiger partial charge in [-0.15, -0.1) is 11.8 Å². The van der Waals surface area contributed by atoms with Crippen molar-refractivity contribution in [3.8, 4) is 0 Å². The van der Waals surface area contributed by atoms with Gasteiger partial charge in [0, 0.05) is 24.6 Å². The molecule has 1 amide bonds. The number of amides is 1. The van der Waals surface area contributed by atoms with Crippen LogP contribution in [0, 0.1) is 0 Å². The van der Waals surface area contributed by atoms with Crippen LogP contribution in [0.25, 0.3) is 0 Å². The number of hydrogen-bond acceptors (Lipinski definition) is 5. The molecule has 0 saturated carbocycles. The minimum Gasteiger partial charge on any atom is -0.469 e. The van der Waals surface area contributed by atoms with Gasteiger partial charge >= 0.3 is 5.97 Å². The van der Waals surface area contributed by atoms with Gasteiger partial charge in [-0.05, 0) is 12.8 Å². The highest BCUT2D eigenvalue weighted by Gasteiger charge is 2.21. The molecule has 1 fully saturated rings. The van der Waals surface area contributed by atoms with E-state index in [0.29, 0.717) is 13.0 Å². The smallest absolute Gasteiger partial charge is 0.305 e. The van der Waals surface area contributed by atoms with Crippen LogP contribution in [0.2, 0.25) is 0 Å². The quantitative estimate of drug-likeness (QED) is 0.515. The fourth-order valence-corrected chi connectivity index (χ4v) is 2.51. The lowest BCUT2D eigenvalue weighted by atomic mass is 10.2. The first kappa shape index (κ1) is 14.3. The van der Waals surface area contributed by atoms with Crippen LogP contribution < -0.4 is 10.6 Å². The van der Waals surface area contributed by atoms with Crippen LogP contribution in [-0.2, 0) is 14.3 Å². The second kappa shape index (κ2) is 8.36. The van der Waals surface area contributed by atoms with Crippen LogP contribution >= 0.6 is 11.8 Å². The monoisotopic (exact) mass is 260 g/mol. The number of thioether (sulfide) groups is 1. The minimum atomic E-state index is -0.166. The van der Waals surface area contributed by atoms with Gasteiger partial charge < -0.3 is 10.1 Å². The van der Waals surface area contributed by atoms with Crippen LogP contribution in [0.3, 0.4) is 0 Å². The molecule has 0 bridgehead atoms. The van der Waals surface area contributed by atoms with Crippen LogP contribution in [-0.4, -0.2) is 43.2 Å². The molecule has 1 aliphatic heterocycles. The summed E-state index contributed by atoms with van der Waals surface area (Å²) in [7, 11) is 1.40. The summed E-state index contributed by atoms with van der Waals surface area (Å²) in [5.41, 5.74) is 0. The number of esters is 1. The molecule has 0 spiro atoms. The van der Waals surface area contributed by atoms with Crippen molar-refractivity contribution in [2.75, 3.05) is 25.3 Å².